The molecule has 0 radical (unpaired) electrons. The standard InChI is InChI=1S/C17H19NO8/c1-4-24-16(20)12-5-7-13(8-6-12)25-17(21)14(9-10-18(22)23)26-15(19)11(2)3/h5-8,14H,2,4,9-10H2,1,3H3. The molecule has 0 heterocycles. The Morgan fingerprint density at radius 1 is 1.23 bits per heavy atom. The maximum absolute atomic E-state index is 12.2. The van der Waals surface area contributed by atoms with Crippen LogP contribution in [0.25, 0.3) is 0 Å². The predicted molar refractivity (Wildman–Crippen MR) is 89.2 cm³/mol. The van der Waals surface area contributed by atoms with Crippen LogP contribution in [0.5, 0.6) is 5.75 Å². The summed E-state index contributed by atoms with van der Waals surface area (Å²) in [6.45, 7) is 6.08. The average molecular weight is 365 g/mol. The average Bonchev–Trinajstić information content (AvgIpc) is 2.58. The summed E-state index contributed by atoms with van der Waals surface area (Å²) in [5, 5.41) is 10.5. The number of benzene rings is 1. The van der Waals surface area contributed by atoms with Crippen LogP contribution in [-0.4, -0.2) is 42.1 Å². The second kappa shape index (κ2) is 9.92. The van der Waals surface area contributed by atoms with Gasteiger partial charge in [0.05, 0.1) is 18.6 Å². The summed E-state index contributed by atoms with van der Waals surface area (Å²) >= 11 is 0. The molecule has 0 aliphatic carbocycles. The first kappa shape index (κ1) is 20.8. The molecule has 9 heteroatoms. The Labute approximate surface area is 149 Å². The summed E-state index contributed by atoms with van der Waals surface area (Å²) in [6.07, 6.45) is -1.79. The second-order valence-corrected chi connectivity index (χ2v) is 5.19. The van der Waals surface area contributed by atoms with Crippen LogP contribution in [0.2, 0.25) is 0 Å². The summed E-state index contributed by atoms with van der Waals surface area (Å²) in [4.78, 5) is 45.2. The lowest BCUT2D eigenvalue weighted by molar-refractivity contribution is -0.481. The number of hydrogen-bond donors (Lipinski definition) is 0. The lowest BCUT2D eigenvalue weighted by atomic mass is 10.2. The molecule has 0 aromatic heterocycles. The van der Waals surface area contributed by atoms with E-state index < -0.39 is 35.5 Å². The van der Waals surface area contributed by atoms with Crippen molar-refractivity contribution in [3.05, 3.63) is 52.1 Å². The topological polar surface area (TPSA) is 122 Å². The first-order valence-electron chi connectivity index (χ1n) is 7.71. The molecule has 0 saturated carbocycles. The van der Waals surface area contributed by atoms with Gasteiger partial charge in [-0.2, -0.15) is 0 Å². The summed E-state index contributed by atoms with van der Waals surface area (Å²) in [5.74, 6) is -2.26. The maximum atomic E-state index is 12.2. The van der Waals surface area contributed by atoms with Crippen LogP contribution in [0.4, 0.5) is 0 Å². The van der Waals surface area contributed by atoms with E-state index in [1.54, 1.807) is 6.92 Å². The van der Waals surface area contributed by atoms with Crippen molar-refractivity contribution >= 4 is 17.9 Å². The number of nitrogens with zero attached hydrogens (tertiary/aromatic N) is 1. The molecule has 0 saturated heterocycles. The van der Waals surface area contributed by atoms with Crippen molar-refractivity contribution in [1.29, 1.82) is 0 Å². The quantitative estimate of drug-likeness (QED) is 0.214. The molecule has 1 rings (SSSR count). The van der Waals surface area contributed by atoms with Gasteiger partial charge in [-0.15, -0.1) is 0 Å². The van der Waals surface area contributed by atoms with Gasteiger partial charge in [-0.1, -0.05) is 6.58 Å². The minimum Gasteiger partial charge on any atom is -0.462 e. The molecule has 26 heavy (non-hydrogen) atoms. The lowest BCUT2D eigenvalue weighted by Gasteiger charge is -2.15. The number of rotatable bonds is 9. The van der Waals surface area contributed by atoms with E-state index in [1.165, 1.54) is 31.2 Å². The van der Waals surface area contributed by atoms with Gasteiger partial charge in [0, 0.05) is 10.5 Å². The Kier molecular flexibility index (Phi) is 7.94. The first-order valence-corrected chi connectivity index (χ1v) is 7.71. The van der Waals surface area contributed by atoms with Crippen molar-refractivity contribution in [2.24, 2.45) is 0 Å². The number of carbonyl (C=O) groups excluding carboxylic acids is 3. The molecule has 1 aromatic rings. The molecule has 0 aliphatic heterocycles. The Hall–Kier alpha value is -3.23. The smallest absolute Gasteiger partial charge is 0.353 e. The number of esters is 3. The van der Waals surface area contributed by atoms with Crippen molar-refractivity contribution in [3.8, 4) is 5.75 Å². The fraction of sp³-hybridized carbons (Fsp3) is 0.353. The van der Waals surface area contributed by atoms with Gasteiger partial charge < -0.3 is 14.2 Å². The molecular weight excluding hydrogens is 346 g/mol. The summed E-state index contributed by atoms with van der Waals surface area (Å²) in [5.41, 5.74) is 0.313. The van der Waals surface area contributed by atoms with Crippen molar-refractivity contribution in [3.63, 3.8) is 0 Å². The number of ether oxygens (including phenoxy) is 3. The molecule has 140 valence electrons. The van der Waals surface area contributed by atoms with Crippen LogP contribution in [0.3, 0.4) is 0 Å². The maximum Gasteiger partial charge on any atom is 0.353 e. The minimum absolute atomic E-state index is 0.0442. The fourth-order valence-corrected chi connectivity index (χ4v) is 1.73. The third-order valence-electron chi connectivity index (χ3n) is 3.02. The molecule has 0 amide bonds. The summed E-state index contributed by atoms with van der Waals surface area (Å²) in [6, 6.07) is 5.50. The van der Waals surface area contributed by atoms with Crippen molar-refractivity contribution < 1.29 is 33.5 Å². The minimum atomic E-state index is -1.45. The van der Waals surface area contributed by atoms with Gasteiger partial charge in [-0.25, -0.2) is 14.4 Å². The largest absolute Gasteiger partial charge is 0.462 e. The summed E-state index contributed by atoms with van der Waals surface area (Å²) in [7, 11) is 0. The van der Waals surface area contributed by atoms with Crippen LogP contribution in [-0.2, 0) is 19.1 Å². The highest BCUT2D eigenvalue weighted by Gasteiger charge is 2.27. The van der Waals surface area contributed by atoms with Crippen molar-refractivity contribution in [2.75, 3.05) is 13.2 Å². The van der Waals surface area contributed by atoms with Crippen molar-refractivity contribution in [2.45, 2.75) is 26.4 Å². The Bertz CT molecular complexity index is 695. The molecule has 9 nitrogen and oxygen atoms in total. The van der Waals surface area contributed by atoms with E-state index in [1.807, 2.05) is 0 Å². The third-order valence-corrected chi connectivity index (χ3v) is 3.02. The van der Waals surface area contributed by atoms with Gasteiger partial charge in [0.2, 0.25) is 12.6 Å². The highest BCUT2D eigenvalue weighted by Crippen LogP contribution is 2.15. The van der Waals surface area contributed by atoms with Crippen LogP contribution in [0, 0.1) is 10.1 Å². The highest BCUT2D eigenvalue weighted by atomic mass is 16.6. The van der Waals surface area contributed by atoms with E-state index in [2.05, 4.69) is 6.58 Å². The second-order valence-electron chi connectivity index (χ2n) is 5.19. The molecular formula is C17H19NO8. The Balaban J connectivity index is 2.80. The monoisotopic (exact) mass is 365 g/mol. The molecule has 1 unspecified atom stereocenters. The van der Waals surface area contributed by atoms with Gasteiger partial charge in [-0.05, 0) is 38.1 Å². The van der Waals surface area contributed by atoms with Crippen LogP contribution in [0.1, 0.15) is 30.6 Å². The number of nitro groups is 1. The molecule has 0 aliphatic rings. The van der Waals surface area contributed by atoms with E-state index in [0.29, 0.717) is 0 Å². The lowest BCUT2D eigenvalue weighted by Crippen LogP contribution is -2.33. The van der Waals surface area contributed by atoms with E-state index >= 15 is 0 Å². The third kappa shape index (κ3) is 6.71. The number of carbonyl (C=O) groups is 3. The van der Waals surface area contributed by atoms with E-state index in [0.717, 1.165) is 0 Å². The molecule has 0 bridgehead atoms. The number of hydrogen-bond acceptors (Lipinski definition) is 8. The highest BCUT2D eigenvalue weighted by molar-refractivity contribution is 5.90. The van der Waals surface area contributed by atoms with Crippen molar-refractivity contribution in [1.82, 2.24) is 0 Å². The molecule has 0 N–H and O–H groups in total. The SMILES string of the molecule is C=C(C)C(=O)OC(CC[N+](=O)[O-])C(=O)Oc1ccc(C(=O)OCC)cc1. The van der Waals surface area contributed by atoms with E-state index in [-0.39, 0.29) is 29.9 Å². The zero-order valence-corrected chi connectivity index (χ0v) is 14.4. The predicted octanol–water partition coefficient (Wildman–Crippen LogP) is 1.92. The van der Waals surface area contributed by atoms with Gasteiger partial charge in [-0.3, -0.25) is 10.1 Å². The van der Waals surface area contributed by atoms with Gasteiger partial charge in [0.25, 0.3) is 0 Å². The first-order chi connectivity index (χ1) is 12.2. The van der Waals surface area contributed by atoms with Gasteiger partial charge >= 0.3 is 17.9 Å². The fourth-order valence-electron chi connectivity index (χ4n) is 1.73. The Morgan fingerprint density at radius 3 is 2.35 bits per heavy atom. The zero-order chi connectivity index (χ0) is 19.7. The van der Waals surface area contributed by atoms with Gasteiger partial charge in [0.15, 0.2) is 0 Å². The van der Waals surface area contributed by atoms with E-state index in [4.69, 9.17) is 14.2 Å². The van der Waals surface area contributed by atoms with Crippen LogP contribution in [0.15, 0.2) is 36.4 Å². The molecule has 0 fully saturated rings. The molecule has 1 atom stereocenters. The zero-order valence-electron chi connectivity index (χ0n) is 14.4. The van der Waals surface area contributed by atoms with E-state index in [9.17, 15) is 24.5 Å². The van der Waals surface area contributed by atoms with Gasteiger partial charge in [0.1, 0.15) is 5.75 Å². The molecule has 0 spiro atoms. The van der Waals surface area contributed by atoms with Crippen LogP contribution >= 0.6 is 0 Å². The van der Waals surface area contributed by atoms with Crippen LogP contribution < -0.4 is 4.74 Å². The molecule has 1 aromatic carbocycles. The normalized spacial score (nSPS) is 11.2. The summed E-state index contributed by atoms with van der Waals surface area (Å²) < 4.78 is 14.8. The Morgan fingerprint density at radius 2 is 1.85 bits per heavy atom.